The lowest BCUT2D eigenvalue weighted by atomic mass is 9.92. The van der Waals surface area contributed by atoms with Crippen LogP contribution in [0.3, 0.4) is 0 Å². The van der Waals surface area contributed by atoms with E-state index in [2.05, 4.69) is 13.8 Å². The number of hydrogen-bond donors (Lipinski definition) is 1. The lowest BCUT2D eigenvalue weighted by Gasteiger charge is -2.33. The van der Waals surface area contributed by atoms with Gasteiger partial charge in [-0.15, -0.1) is 0 Å². The molecule has 0 heterocycles. The largest absolute Gasteiger partial charge is 0.365 e. The van der Waals surface area contributed by atoms with Crippen LogP contribution in [0.5, 0.6) is 0 Å². The molecule has 0 saturated heterocycles. The summed E-state index contributed by atoms with van der Waals surface area (Å²) in [6.45, 7) is 10.0. The maximum absolute atomic E-state index is 11.2. The smallest absolute Gasteiger partial charge is 0.292 e. The number of nitrogens with two attached hydrogens (primary N) is 1. The van der Waals surface area contributed by atoms with Gasteiger partial charge >= 0.3 is 0 Å². The highest BCUT2D eigenvalue weighted by molar-refractivity contribution is 5.67. The molecule has 0 spiro atoms. The number of hydrogen-bond acceptors (Lipinski definition) is 4. The molecule has 0 fully saturated rings. The van der Waals surface area contributed by atoms with Crippen LogP contribution in [0.2, 0.25) is 0 Å². The van der Waals surface area contributed by atoms with Crippen LogP contribution in [-0.4, -0.2) is 24.6 Å². The van der Waals surface area contributed by atoms with Crippen molar-refractivity contribution in [1.29, 1.82) is 0 Å². The van der Waals surface area contributed by atoms with E-state index in [1.165, 1.54) is 0 Å². The molecule has 0 radical (unpaired) electrons. The van der Waals surface area contributed by atoms with E-state index in [1.54, 1.807) is 12.1 Å². The van der Waals surface area contributed by atoms with E-state index in [9.17, 15) is 10.1 Å². The molecule has 0 aromatic heterocycles. The molecule has 0 bridgehead atoms. The van der Waals surface area contributed by atoms with Gasteiger partial charge in [0.05, 0.1) is 4.92 Å². The van der Waals surface area contributed by atoms with Crippen LogP contribution in [0.15, 0.2) is 18.2 Å². The Bertz CT molecular complexity index is 458. The van der Waals surface area contributed by atoms with Crippen molar-refractivity contribution in [3.63, 3.8) is 0 Å². The van der Waals surface area contributed by atoms with E-state index >= 15 is 0 Å². The van der Waals surface area contributed by atoms with Gasteiger partial charge in [0.15, 0.2) is 0 Å². The first kappa shape index (κ1) is 15.4. The molecule has 2 N–H and O–H groups in total. The molecular formula is C14H23N3O2. The third-order valence-electron chi connectivity index (χ3n) is 3.28. The summed E-state index contributed by atoms with van der Waals surface area (Å²) in [5, 5.41) is 11.2. The van der Waals surface area contributed by atoms with Crippen LogP contribution in [-0.2, 0) is 0 Å². The summed E-state index contributed by atoms with van der Waals surface area (Å²) < 4.78 is 0. The summed E-state index contributed by atoms with van der Waals surface area (Å²) in [6.07, 6.45) is 0. The zero-order valence-corrected chi connectivity index (χ0v) is 12.1. The fourth-order valence-corrected chi connectivity index (χ4v) is 2.13. The third-order valence-corrected chi connectivity index (χ3v) is 3.28. The van der Waals surface area contributed by atoms with Crippen molar-refractivity contribution in [2.24, 2.45) is 11.1 Å². The van der Waals surface area contributed by atoms with Crippen molar-refractivity contribution < 1.29 is 4.92 Å². The van der Waals surface area contributed by atoms with Crippen molar-refractivity contribution in [3.8, 4) is 0 Å². The highest BCUT2D eigenvalue weighted by Gasteiger charge is 2.25. The fourth-order valence-electron chi connectivity index (χ4n) is 2.13. The average molecular weight is 265 g/mol. The molecular weight excluding hydrogens is 242 g/mol. The Kier molecular flexibility index (Phi) is 4.89. The van der Waals surface area contributed by atoms with Crippen LogP contribution >= 0.6 is 0 Å². The second-order valence-electron chi connectivity index (χ2n) is 5.58. The Labute approximate surface area is 114 Å². The summed E-state index contributed by atoms with van der Waals surface area (Å²) >= 11 is 0. The average Bonchev–Trinajstić information content (AvgIpc) is 2.36. The van der Waals surface area contributed by atoms with Crippen molar-refractivity contribution in [2.45, 2.75) is 27.7 Å². The minimum atomic E-state index is -0.319. The minimum absolute atomic E-state index is 0.0772. The molecule has 19 heavy (non-hydrogen) atoms. The zero-order valence-electron chi connectivity index (χ0n) is 12.1. The van der Waals surface area contributed by atoms with Crippen LogP contribution in [0, 0.1) is 22.5 Å². The van der Waals surface area contributed by atoms with Crippen LogP contribution in [0.4, 0.5) is 11.4 Å². The van der Waals surface area contributed by atoms with Gasteiger partial charge < -0.3 is 10.6 Å². The van der Waals surface area contributed by atoms with Gasteiger partial charge in [-0.1, -0.05) is 26.0 Å². The monoisotopic (exact) mass is 265 g/mol. The Balaban J connectivity index is 3.21. The molecule has 0 saturated carbocycles. The Morgan fingerprint density at radius 2 is 2.05 bits per heavy atom. The van der Waals surface area contributed by atoms with Gasteiger partial charge in [0.1, 0.15) is 5.69 Å². The van der Waals surface area contributed by atoms with Crippen molar-refractivity contribution in [3.05, 3.63) is 33.9 Å². The first-order valence-electron chi connectivity index (χ1n) is 6.51. The molecule has 0 unspecified atom stereocenters. The van der Waals surface area contributed by atoms with Crippen molar-refractivity contribution in [2.75, 3.05) is 24.5 Å². The van der Waals surface area contributed by atoms with Crippen molar-refractivity contribution >= 4 is 11.4 Å². The molecule has 106 valence electrons. The second-order valence-corrected chi connectivity index (χ2v) is 5.58. The number of anilines is 1. The Hall–Kier alpha value is -1.62. The lowest BCUT2D eigenvalue weighted by Crippen LogP contribution is -2.39. The molecule has 5 nitrogen and oxygen atoms in total. The summed E-state index contributed by atoms with van der Waals surface area (Å²) in [6, 6.07) is 5.18. The summed E-state index contributed by atoms with van der Waals surface area (Å²) in [5.41, 5.74) is 7.47. The maximum Gasteiger partial charge on any atom is 0.292 e. The van der Waals surface area contributed by atoms with E-state index in [1.807, 2.05) is 24.8 Å². The minimum Gasteiger partial charge on any atom is -0.365 e. The van der Waals surface area contributed by atoms with Crippen molar-refractivity contribution in [1.82, 2.24) is 0 Å². The standard InChI is InChI=1S/C14H23N3O2/c1-5-16(10-14(3,4)9-15)13-11(2)7-6-8-12(13)17(18)19/h6-8H,5,9-10,15H2,1-4H3. The van der Waals surface area contributed by atoms with Gasteiger partial charge in [0.2, 0.25) is 0 Å². The SMILES string of the molecule is CCN(CC(C)(C)CN)c1c(C)cccc1[N+](=O)[O-]. The highest BCUT2D eigenvalue weighted by atomic mass is 16.6. The van der Waals surface area contributed by atoms with E-state index in [0.29, 0.717) is 18.8 Å². The second kappa shape index (κ2) is 6.02. The molecule has 5 heteroatoms. The maximum atomic E-state index is 11.2. The van der Waals surface area contributed by atoms with E-state index < -0.39 is 0 Å². The molecule has 1 aromatic rings. The van der Waals surface area contributed by atoms with Gasteiger partial charge in [-0.2, -0.15) is 0 Å². The summed E-state index contributed by atoms with van der Waals surface area (Å²) in [5.74, 6) is 0. The van der Waals surface area contributed by atoms with E-state index in [4.69, 9.17) is 5.73 Å². The molecule has 1 aromatic carbocycles. The zero-order chi connectivity index (χ0) is 14.6. The van der Waals surface area contributed by atoms with Gasteiger partial charge in [-0.25, -0.2) is 0 Å². The number of para-hydroxylation sites is 1. The predicted molar refractivity (Wildman–Crippen MR) is 78.6 cm³/mol. The Morgan fingerprint density at radius 3 is 2.53 bits per heavy atom. The number of rotatable bonds is 6. The summed E-state index contributed by atoms with van der Waals surface area (Å²) in [4.78, 5) is 12.9. The molecule has 0 aliphatic rings. The first-order chi connectivity index (χ1) is 8.82. The normalized spacial score (nSPS) is 11.4. The van der Waals surface area contributed by atoms with E-state index in [-0.39, 0.29) is 16.0 Å². The number of aryl methyl sites for hydroxylation is 1. The summed E-state index contributed by atoms with van der Waals surface area (Å²) in [7, 11) is 0. The van der Waals surface area contributed by atoms with E-state index in [0.717, 1.165) is 12.1 Å². The van der Waals surface area contributed by atoms with Crippen LogP contribution in [0.1, 0.15) is 26.3 Å². The quantitative estimate of drug-likeness (QED) is 0.634. The van der Waals surface area contributed by atoms with Gasteiger partial charge in [0, 0.05) is 19.2 Å². The van der Waals surface area contributed by atoms with Gasteiger partial charge in [-0.3, -0.25) is 10.1 Å². The molecule has 1 rings (SSSR count). The Morgan fingerprint density at radius 1 is 1.42 bits per heavy atom. The van der Waals surface area contributed by atoms with Gasteiger partial charge in [-0.05, 0) is 31.4 Å². The number of nitro groups is 1. The van der Waals surface area contributed by atoms with Crippen LogP contribution < -0.4 is 10.6 Å². The highest BCUT2D eigenvalue weighted by Crippen LogP contribution is 2.33. The number of nitrogens with zero attached hydrogens (tertiary/aromatic N) is 2. The first-order valence-corrected chi connectivity index (χ1v) is 6.51. The molecule has 0 aliphatic carbocycles. The number of benzene rings is 1. The topological polar surface area (TPSA) is 72.4 Å². The molecule has 0 aliphatic heterocycles. The molecule has 0 atom stereocenters. The predicted octanol–water partition coefficient (Wildman–Crippen LogP) is 2.71. The molecule has 0 amide bonds. The van der Waals surface area contributed by atoms with Crippen LogP contribution in [0.25, 0.3) is 0 Å². The fraction of sp³-hybridized carbons (Fsp3) is 0.571. The lowest BCUT2D eigenvalue weighted by molar-refractivity contribution is -0.384. The van der Waals surface area contributed by atoms with Gasteiger partial charge in [0.25, 0.3) is 5.69 Å². The number of nitro benzene ring substituents is 1. The third kappa shape index (κ3) is 3.67.